The van der Waals surface area contributed by atoms with Crippen molar-refractivity contribution >= 4 is 12.4 Å². The van der Waals surface area contributed by atoms with Gasteiger partial charge in [-0.3, -0.25) is 9.78 Å². The van der Waals surface area contributed by atoms with E-state index in [1.807, 2.05) is 0 Å². The van der Waals surface area contributed by atoms with E-state index in [0.29, 0.717) is 30.9 Å². The van der Waals surface area contributed by atoms with Crippen LogP contribution in [0.25, 0.3) is 17.2 Å². The number of allylic oxidation sites excluding steroid dienone is 1. The highest BCUT2D eigenvalue weighted by molar-refractivity contribution is 5.84. The number of ether oxygens (including phenoxy) is 3. The molecule has 5 nitrogen and oxygen atoms in total. The summed E-state index contributed by atoms with van der Waals surface area (Å²) >= 11 is 0. The molecular weight excluding hydrogens is 337 g/mol. The van der Waals surface area contributed by atoms with Gasteiger partial charge in [0.15, 0.2) is 0 Å². The summed E-state index contributed by atoms with van der Waals surface area (Å²) in [5, 5.41) is 0. The predicted molar refractivity (Wildman–Crippen MR) is 96.9 cm³/mol. The molecule has 0 amide bonds. The Hall–Kier alpha value is -2.41. The molecule has 0 unspecified atom stereocenters. The van der Waals surface area contributed by atoms with Crippen LogP contribution in [0, 0.1) is 5.82 Å². The number of hydrogen-bond donors (Lipinski definition) is 0. The summed E-state index contributed by atoms with van der Waals surface area (Å²) < 4.78 is 29.3. The fourth-order valence-electron chi connectivity index (χ4n) is 2.81. The van der Waals surface area contributed by atoms with Crippen LogP contribution in [0.5, 0.6) is 0 Å². The smallest absolute Gasteiger partial charge is 0.142 e. The molecule has 0 radical (unpaired) electrons. The Kier molecular flexibility index (Phi) is 7.59. The summed E-state index contributed by atoms with van der Waals surface area (Å²) in [4.78, 5) is 15.5. The largest absolute Gasteiger partial charge is 0.380 e. The summed E-state index contributed by atoms with van der Waals surface area (Å²) in [6.45, 7) is 0.853. The second kappa shape index (κ2) is 9.91. The number of methoxy groups -OCH3 is 3. The van der Waals surface area contributed by atoms with Gasteiger partial charge in [0.2, 0.25) is 0 Å². The quantitative estimate of drug-likeness (QED) is 0.506. The average molecular weight is 359 g/mol. The zero-order chi connectivity index (χ0) is 18.9. The van der Waals surface area contributed by atoms with Gasteiger partial charge in [-0.15, -0.1) is 0 Å². The molecule has 0 aliphatic carbocycles. The number of rotatable bonds is 9. The minimum atomic E-state index is -0.324. The number of hydrogen-bond acceptors (Lipinski definition) is 5. The molecule has 1 heterocycles. The molecule has 2 aromatic rings. The zero-order valence-corrected chi connectivity index (χ0v) is 15.1. The van der Waals surface area contributed by atoms with Crippen molar-refractivity contribution in [1.29, 1.82) is 0 Å². The number of carbonyl (C=O) groups excluding carboxylic acids is 1. The number of nitrogens with zero attached hydrogens (tertiary/aromatic N) is 1. The van der Waals surface area contributed by atoms with Crippen molar-refractivity contribution in [1.82, 2.24) is 4.98 Å². The van der Waals surface area contributed by atoms with E-state index in [0.717, 1.165) is 22.3 Å². The SMILES string of the molecule is COCc1nc(COC)c(COC)c(-c2ccc(F)cc2)c1/C=C/C=O. The van der Waals surface area contributed by atoms with Crippen LogP contribution >= 0.6 is 0 Å². The van der Waals surface area contributed by atoms with E-state index < -0.39 is 0 Å². The molecule has 2 rings (SSSR count). The van der Waals surface area contributed by atoms with Gasteiger partial charge in [0, 0.05) is 32.5 Å². The Morgan fingerprint density at radius 3 is 2.15 bits per heavy atom. The van der Waals surface area contributed by atoms with E-state index in [1.165, 1.54) is 18.2 Å². The molecule has 0 saturated heterocycles. The normalized spacial score (nSPS) is 11.2. The molecule has 6 heteroatoms. The average Bonchev–Trinajstić information content (AvgIpc) is 2.64. The molecule has 1 aromatic heterocycles. The summed E-state index contributed by atoms with van der Waals surface area (Å²) in [5.41, 5.74) is 4.55. The maximum Gasteiger partial charge on any atom is 0.142 e. The van der Waals surface area contributed by atoms with Gasteiger partial charge in [-0.05, 0) is 35.4 Å². The fraction of sp³-hybridized carbons (Fsp3) is 0.300. The first-order valence-electron chi connectivity index (χ1n) is 8.05. The topological polar surface area (TPSA) is 57.6 Å². The fourth-order valence-corrected chi connectivity index (χ4v) is 2.81. The lowest BCUT2D eigenvalue weighted by molar-refractivity contribution is -0.104. The molecule has 138 valence electrons. The third-order valence-corrected chi connectivity index (χ3v) is 3.83. The van der Waals surface area contributed by atoms with Crippen LogP contribution in [0.4, 0.5) is 4.39 Å². The van der Waals surface area contributed by atoms with Crippen molar-refractivity contribution in [3.63, 3.8) is 0 Å². The molecule has 0 N–H and O–H groups in total. The monoisotopic (exact) mass is 359 g/mol. The van der Waals surface area contributed by atoms with Gasteiger partial charge >= 0.3 is 0 Å². The third kappa shape index (κ3) is 4.60. The highest BCUT2D eigenvalue weighted by Crippen LogP contribution is 2.34. The molecule has 26 heavy (non-hydrogen) atoms. The number of benzene rings is 1. The maximum atomic E-state index is 13.4. The first-order valence-corrected chi connectivity index (χ1v) is 8.05. The second-order valence-corrected chi connectivity index (χ2v) is 5.57. The van der Waals surface area contributed by atoms with E-state index in [-0.39, 0.29) is 12.4 Å². The molecular formula is C20H22FNO4. The van der Waals surface area contributed by atoms with E-state index in [2.05, 4.69) is 4.98 Å². The molecule has 1 aromatic carbocycles. The highest BCUT2D eigenvalue weighted by Gasteiger charge is 2.20. The molecule has 0 saturated carbocycles. The van der Waals surface area contributed by atoms with E-state index in [9.17, 15) is 9.18 Å². The number of aromatic nitrogens is 1. The van der Waals surface area contributed by atoms with Gasteiger partial charge in [-0.25, -0.2) is 4.39 Å². The lowest BCUT2D eigenvalue weighted by Crippen LogP contribution is -2.10. The lowest BCUT2D eigenvalue weighted by atomic mass is 9.92. The Bertz CT molecular complexity index is 772. The van der Waals surface area contributed by atoms with Crippen molar-refractivity contribution in [3.05, 3.63) is 58.7 Å². The van der Waals surface area contributed by atoms with Crippen LogP contribution in [-0.4, -0.2) is 32.6 Å². The molecule has 0 aliphatic heterocycles. The van der Waals surface area contributed by atoms with Gasteiger partial charge in [0.25, 0.3) is 0 Å². The molecule has 0 atom stereocenters. The van der Waals surface area contributed by atoms with E-state index >= 15 is 0 Å². The minimum absolute atomic E-state index is 0.261. The highest BCUT2D eigenvalue weighted by atomic mass is 19.1. The summed E-state index contributed by atoms with van der Waals surface area (Å²) in [5.74, 6) is -0.324. The van der Waals surface area contributed by atoms with E-state index in [4.69, 9.17) is 14.2 Å². The molecule has 0 aliphatic rings. The van der Waals surface area contributed by atoms with Crippen molar-refractivity contribution in [3.8, 4) is 11.1 Å². The Morgan fingerprint density at radius 2 is 1.58 bits per heavy atom. The number of aldehydes is 1. The van der Waals surface area contributed by atoms with Gasteiger partial charge < -0.3 is 14.2 Å². The van der Waals surface area contributed by atoms with E-state index in [1.54, 1.807) is 39.5 Å². The van der Waals surface area contributed by atoms with Crippen LogP contribution in [-0.2, 0) is 38.8 Å². The van der Waals surface area contributed by atoms with Crippen LogP contribution in [0.15, 0.2) is 30.3 Å². The number of halogens is 1. The van der Waals surface area contributed by atoms with Gasteiger partial charge in [0.1, 0.15) is 12.1 Å². The maximum absolute atomic E-state index is 13.4. The Labute approximate surface area is 152 Å². The first kappa shape index (κ1) is 19.9. The molecule has 0 spiro atoms. The first-order chi connectivity index (χ1) is 12.7. The van der Waals surface area contributed by atoms with Crippen LogP contribution < -0.4 is 0 Å². The molecule has 0 bridgehead atoms. The summed E-state index contributed by atoms with van der Waals surface area (Å²) in [7, 11) is 4.76. The Morgan fingerprint density at radius 1 is 0.962 bits per heavy atom. The summed E-state index contributed by atoms with van der Waals surface area (Å²) in [6.07, 6.45) is 3.78. The summed E-state index contributed by atoms with van der Waals surface area (Å²) in [6, 6.07) is 6.17. The lowest BCUT2D eigenvalue weighted by Gasteiger charge is -2.20. The number of carbonyl (C=O) groups is 1. The van der Waals surface area contributed by atoms with Gasteiger partial charge in [-0.2, -0.15) is 0 Å². The number of pyridine rings is 1. The van der Waals surface area contributed by atoms with Crippen molar-refractivity contribution in [2.24, 2.45) is 0 Å². The van der Waals surface area contributed by atoms with Crippen LogP contribution in [0.2, 0.25) is 0 Å². The van der Waals surface area contributed by atoms with Crippen molar-refractivity contribution in [2.45, 2.75) is 19.8 Å². The Balaban J connectivity index is 2.84. The predicted octanol–water partition coefficient (Wildman–Crippen LogP) is 3.54. The second-order valence-electron chi connectivity index (χ2n) is 5.57. The van der Waals surface area contributed by atoms with Crippen LogP contribution in [0.1, 0.15) is 22.5 Å². The van der Waals surface area contributed by atoms with Crippen LogP contribution in [0.3, 0.4) is 0 Å². The van der Waals surface area contributed by atoms with Gasteiger partial charge in [0.05, 0.1) is 31.2 Å². The minimum Gasteiger partial charge on any atom is -0.380 e. The standard InChI is InChI=1S/C20H22FNO4/c1-24-11-17-19(13-26-3)22-18(12-25-2)16(5-4-10-23)20(17)14-6-8-15(21)9-7-14/h4-10H,11-13H2,1-3H3/b5-4+. The zero-order valence-electron chi connectivity index (χ0n) is 15.1. The van der Waals surface area contributed by atoms with Crippen molar-refractivity contribution < 1.29 is 23.4 Å². The van der Waals surface area contributed by atoms with Gasteiger partial charge in [-0.1, -0.05) is 12.1 Å². The molecule has 0 fully saturated rings. The third-order valence-electron chi connectivity index (χ3n) is 3.83. The van der Waals surface area contributed by atoms with Crippen molar-refractivity contribution in [2.75, 3.05) is 21.3 Å².